The molecule has 0 aromatic rings. The Kier molecular flexibility index (Phi) is 16.9. The van der Waals surface area contributed by atoms with Gasteiger partial charge in [0.25, 0.3) is 0 Å². The molecule has 0 aliphatic carbocycles. The van der Waals surface area contributed by atoms with E-state index in [1.165, 1.54) is 0 Å². The van der Waals surface area contributed by atoms with Crippen LogP contribution in [0.1, 0.15) is 13.3 Å². The van der Waals surface area contributed by atoms with Crippen molar-refractivity contribution < 1.29 is 104 Å². The van der Waals surface area contributed by atoms with Gasteiger partial charge in [0, 0.05) is 25.0 Å². The third kappa shape index (κ3) is 10.1. The molecule has 4 fully saturated rings. The third-order valence-electron chi connectivity index (χ3n) is 9.34. The molecule has 0 spiro atoms. The van der Waals surface area contributed by atoms with E-state index in [-0.39, 0.29) is 19.6 Å². The number of aliphatic hydroxyl groups is 12. The van der Waals surface area contributed by atoms with Gasteiger partial charge in [-0.15, -0.1) is 0 Å². The Labute approximate surface area is 306 Å². The highest BCUT2D eigenvalue weighted by Gasteiger charge is 2.56. The molecule has 20 atom stereocenters. The van der Waals surface area contributed by atoms with E-state index >= 15 is 0 Å². The number of rotatable bonds is 16. The van der Waals surface area contributed by atoms with Crippen LogP contribution in [-0.2, 0) is 42.7 Å². The van der Waals surface area contributed by atoms with Crippen molar-refractivity contribution >= 4 is 5.91 Å². The van der Waals surface area contributed by atoms with Crippen LogP contribution >= 0.6 is 0 Å². The number of nitrogens with one attached hydrogen (secondary N) is 1. The van der Waals surface area contributed by atoms with Crippen molar-refractivity contribution in [3.63, 3.8) is 0 Å². The Balaban J connectivity index is 1.56. The van der Waals surface area contributed by atoms with Crippen molar-refractivity contribution in [2.24, 2.45) is 5.11 Å². The van der Waals surface area contributed by atoms with Gasteiger partial charge in [0.15, 0.2) is 25.2 Å². The number of carbonyl (C=O) groups excluding carboxylic acids is 1. The second kappa shape index (κ2) is 20.4. The van der Waals surface area contributed by atoms with Crippen molar-refractivity contribution in [1.29, 1.82) is 0 Å². The summed E-state index contributed by atoms with van der Waals surface area (Å²) in [6, 6.07) is -1.62. The summed E-state index contributed by atoms with van der Waals surface area (Å²) >= 11 is 0. The summed E-state index contributed by atoms with van der Waals surface area (Å²) in [7, 11) is 0. The van der Waals surface area contributed by atoms with Crippen molar-refractivity contribution in [1.82, 2.24) is 5.32 Å². The lowest BCUT2D eigenvalue weighted by Crippen LogP contribution is -2.70. The summed E-state index contributed by atoms with van der Waals surface area (Å²) in [4.78, 5) is 15.0. The number of aliphatic hydroxyl groups excluding tert-OH is 12. The zero-order valence-corrected chi connectivity index (χ0v) is 28.9. The van der Waals surface area contributed by atoms with Crippen LogP contribution < -0.4 is 5.32 Å². The van der Waals surface area contributed by atoms with E-state index in [0.717, 1.165) is 6.92 Å². The first-order valence-electron chi connectivity index (χ1n) is 17.1. The summed E-state index contributed by atoms with van der Waals surface area (Å²) in [6.07, 6.45) is -33.0. The van der Waals surface area contributed by atoms with Crippen molar-refractivity contribution in [2.45, 2.75) is 136 Å². The molecule has 0 saturated carbocycles. The molecule has 0 aromatic carbocycles. The van der Waals surface area contributed by atoms with E-state index in [2.05, 4.69) is 15.3 Å². The van der Waals surface area contributed by atoms with E-state index in [1.807, 2.05) is 0 Å². The van der Waals surface area contributed by atoms with Gasteiger partial charge in [-0.1, -0.05) is 5.11 Å². The first-order valence-corrected chi connectivity index (χ1v) is 17.1. The zero-order chi connectivity index (χ0) is 39.9. The molecule has 4 aliphatic heterocycles. The summed E-state index contributed by atoms with van der Waals surface area (Å²) < 4.78 is 45.0. The Hall–Kier alpha value is -2.02. The maximum Gasteiger partial charge on any atom is 0.217 e. The molecule has 13 N–H and O–H groups in total. The predicted octanol–water partition coefficient (Wildman–Crippen LogP) is -7.88. The molecule has 4 aliphatic rings. The van der Waals surface area contributed by atoms with Gasteiger partial charge in [0.05, 0.1) is 26.4 Å². The standard InChI is InChI=1S/C29H50N4O21/c1-9(38)32-14-24(53-28-20(44)18(42)15(39)10(5-34)49-28)16(40)11(6-35)48-26(14)54-25-17(41)12(7-36)50-29(22(25)46)52-23-13(8-37)51-27(21(45)19(23)43)47-4-2-3-31-33-30/h10-29,34-37,39-46H,2-8H2,1H3,(H,32,38)/t10-,11-,12-,13-,14-,15+,16-,17+,18+,19-,20-,21-,22-,23-,24-,25+,26+,27-,28+,29+/m1/s1. The van der Waals surface area contributed by atoms with E-state index in [1.54, 1.807) is 0 Å². The number of amides is 1. The van der Waals surface area contributed by atoms with E-state index in [0.29, 0.717) is 0 Å². The fraction of sp³-hybridized carbons (Fsp3) is 0.966. The van der Waals surface area contributed by atoms with Gasteiger partial charge in [-0.25, -0.2) is 0 Å². The van der Waals surface area contributed by atoms with Gasteiger partial charge in [0.1, 0.15) is 97.6 Å². The zero-order valence-electron chi connectivity index (χ0n) is 28.9. The van der Waals surface area contributed by atoms with Gasteiger partial charge >= 0.3 is 0 Å². The van der Waals surface area contributed by atoms with Crippen LogP contribution in [0.15, 0.2) is 5.11 Å². The van der Waals surface area contributed by atoms with Crippen molar-refractivity contribution in [3.05, 3.63) is 10.4 Å². The highest BCUT2D eigenvalue weighted by atomic mass is 16.8. The molecule has 4 rings (SSSR count). The molecule has 0 unspecified atom stereocenters. The quantitative estimate of drug-likeness (QED) is 0.0299. The molecule has 312 valence electrons. The molecule has 0 radical (unpaired) electrons. The van der Waals surface area contributed by atoms with E-state index in [4.69, 9.17) is 43.4 Å². The fourth-order valence-electron chi connectivity index (χ4n) is 6.44. The Bertz CT molecular complexity index is 1220. The second-order valence-corrected chi connectivity index (χ2v) is 13.0. The van der Waals surface area contributed by atoms with Crippen LogP contribution in [0.25, 0.3) is 10.4 Å². The molecule has 1 amide bonds. The van der Waals surface area contributed by atoms with Crippen LogP contribution in [0.2, 0.25) is 0 Å². The van der Waals surface area contributed by atoms with Gasteiger partial charge in [-0.05, 0) is 12.0 Å². The van der Waals surface area contributed by atoms with Crippen LogP contribution in [0.3, 0.4) is 0 Å². The molecule has 25 nitrogen and oxygen atoms in total. The van der Waals surface area contributed by atoms with Gasteiger partial charge in [0.2, 0.25) is 5.91 Å². The Morgan fingerprint density at radius 3 is 1.67 bits per heavy atom. The first-order chi connectivity index (χ1) is 25.7. The van der Waals surface area contributed by atoms with Gasteiger partial charge in [-0.2, -0.15) is 0 Å². The minimum atomic E-state index is -2.05. The summed E-state index contributed by atoms with van der Waals surface area (Å²) in [5.41, 5.74) is 8.40. The largest absolute Gasteiger partial charge is 0.394 e. The Morgan fingerprint density at radius 1 is 0.611 bits per heavy atom. The smallest absolute Gasteiger partial charge is 0.217 e. The lowest BCUT2D eigenvalue weighted by Gasteiger charge is -2.50. The normalized spacial score (nSPS) is 45.7. The fourth-order valence-corrected chi connectivity index (χ4v) is 6.44. The van der Waals surface area contributed by atoms with Gasteiger partial charge < -0.3 is 104 Å². The number of hydrogen-bond acceptors (Lipinski definition) is 22. The minimum Gasteiger partial charge on any atom is -0.394 e. The average molecular weight is 791 g/mol. The number of azide groups is 1. The maximum absolute atomic E-state index is 12.4. The van der Waals surface area contributed by atoms with E-state index < -0.39 is 155 Å². The molecular weight excluding hydrogens is 740 g/mol. The molecule has 0 bridgehead atoms. The SMILES string of the molecule is CC(=O)N[C@H]1[C@H](O[C@H]2[C@@H](O)[C@@H](CO)O[C@@H](O[C@H]3[C@H](O)[C@@H](O)[C@H](OCCCN=[N+]=[N-])O[C@@H]3CO)[C@@H]2O)O[C@H](CO)[C@@H](O)[C@@H]1O[C@@H]1O[C@H](CO)[C@H](O)[C@H](O)[C@H]1O. The minimum absolute atomic E-state index is 0.0675. The van der Waals surface area contributed by atoms with Crippen molar-refractivity contribution in [2.75, 3.05) is 39.6 Å². The number of ether oxygens (including phenoxy) is 8. The average Bonchev–Trinajstić information content (AvgIpc) is 3.15. The van der Waals surface area contributed by atoms with Crippen LogP contribution in [0.4, 0.5) is 0 Å². The number of nitrogens with zero attached hydrogens (tertiary/aromatic N) is 3. The number of carbonyl (C=O) groups is 1. The lowest BCUT2D eigenvalue weighted by molar-refractivity contribution is -0.381. The molecule has 4 heterocycles. The highest BCUT2D eigenvalue weighted by molar-refractivity contribution is 5.73. The summed E-state index contributed by atoms with van der Waals surface area (Å²) in [6.45, 7) is -2.39. The summed E-state index contributed by atoms with van der Waals surface area (Å²) in [5.74, 6) is -0.769. The second-order valence-electron chi connectivity index (χ2n) is 13.0. The Morgan fingerprint density at radius 2 is 1.09 bits per heavy atom. The van der Waals surface area contributed by atoms with Crippen LogP contribution in [0, 0.1) is 0 Å². The van der Waals surface area contributed by atoms with E-state index in [9.17, 15) is 66.1 Å². The predicted molar refractivity (Wildman–Crippen MR) is 168 cm³/mol. The molecule has 4 saturated heterocycles. The monoisotopic (exact) mass is 790 g/mol. The summed E-state index contributed by atoms with van der Waals surface area (Å²) in [5, 5.41) is 132. The van der Waals surface area contributed by atoms with Crippen LogP contribution in [0.5, 0.6) is 0 Å². The molecule has 54 heavy (non-hydrogen) atoms. The van der Waals surface area contributed by atoms with Crippen molar-refractivity contribution in [3.8, 4) is 0 Å². The topological polar surface area (TPSA) is 394 Å². The van der Waals surface area contributed by atoms with Crippen LogP contribution in [-0.4, -0.2) is 230 Å². The highest BCUT2D eigenvalue weighted by Crippen LogP contribution is 2.34. The molecular formula is C29H50N4O21. The third-order valence-corrected chi connectivity index (χ3v) is 9.34. The first kappa shape index (κ1) is 44.7. The van der Waals surface area contributed by atoms with Gasteiger partial charge in [-0.3, -0.25) is 4.79 Å². The molecule has 25 heteroatoms. The molecule has 0 aromatic heterocycles. The number of hydrogen-bond donors (Lipinski definition) is 13. The maximum atomic E-state index is 12.4. The lowest BCUT2D eigenvalue weighted by atomic mass is 9.94.